The van der Waals surface area contributed by atoms with Crippen LogP contribution in [0.4, 0.5) is 0 Å². The Bertz CT molecular complexity index is 725. The number of hydrogen-bond donors (Lipinski definition) is 0. The van der Waals surface area contributed by atoms with E-state index in [2.05, 4.69) is 78.9 Å². The Morgan fingerprint density at radius 3 is 1.77 bits per heavy atom. The molecule has 0 radical (unpaired) electrons. The molecule has 4 rings (SSSR count). The van der Waals surface area contributed by atoms with Gasteiger partial charge in [0.1, 0.15) is 0 Å². The van der Waals surface area contributed by atoms with Crippen LogP contribution in [0.25, 0.3) is 11.1 Å². The first-order valence-corrected chi connectivity index (χ1v) is 8.15. The van der Waals surface area contributed by atoms with Crippen LogP contribution in [0.3, 0.4) is 0 Å². The molecule has 0 spiro atoms. The van der Waals surface area contributed by atoms with E-state index in [1.807, 2.05) is 0 Å². The smallest absolute Gasteiger partial charge is 0.0102 e. The van der Waals surface area contributed by atoms with Gasteiger partial charge in [-0.1, -0.05) is 78.9 Å². The van der Waals surface area contributed by atoms with Gasteiger partial charge in [0.25, 0.3) is 0 Å². The molecule has 0 fully saturated rings. The monoisotopic (exact) mass is 284 g/mol. The van der Waals surface area contributed by atoms with Crippen LogP contribution in [0.15, 0.2) is 78.9 Å². The topological polar surface area (TPSA) is 0 Å². The van der Waals surface area contributed by atoms with E-state index in [1.165, 1.54) is 47.1 Å². The number of rotatable bonds is 4. The highest BCUT2D eigenvalue weighted by Gasteiger charge is 2.27. The lowest BCUT2D eigenvalue weighted by atomic mass is 9.91. The average Bonchev–Trinajstić information content (AvgIpc) is 2.91. The van der Waals surface area contributed by atoms with Crippen molar-refractivity contribution in [2.45, 2.75) is 25.2 Å². The fraction of sp³-hybridized carbons (Fsp3) is 0.182. The van der Waals surface area contributed by atoms with Crippen LogP contribution in [0.1, 0.15) is 35.4 Å². The minimum absolute atomic E-state index is 0.566. The first-order valence-electron chi connectivity index (χ1n) is 8.15. The highest BCUT2D eigenvalue weighted by Crippen LogP contribution is 2.46. The van der Waals surface area contributed by atoms with Crippen molar-refractivity contribution in [1.82, 2.24) is 0 Å². The molecule has 0 heteroatoms. The summed E-state index contributed by atoms with van der Waals surface area (Å²) >= 11 is 0. The summed E-state index contributed by atoms with van der Waals surface area (Å²) in [6, 6.07) is 28.6. The fourth-order valence-corrected chi connectivity index (χ4v) is 3.73. The van der Waals surface area contributed by atoms with Crippen molar-refractivity contribution in [3.05, 3.63) is 95.6 Å². The molecule has 0 N–H and O–H groups in total. The lowest BCUT2D eigenvalue weighted by Gasteiger charge is -2.13. The molecule has 0 bridgehead atoms. The summed E-state index contributed by atoms with van der Waals surface area (Å²) in [5.41, 5.74) is 7.33. The third-order valence-corrected chi connectivity index (χ3v) is 4.76. The van der Waals surface area contributed by atoms with Crippen LogP contribution in [0.2, 0.25) is 0 Å². The average molecular weight is 284 g/mol. The summed E-state index contributed by atoms with van der Waals surface area (Å²) in [7, 11) is 0. The van der Waals surface area contributed by atoms with E-state index >= 15 is 0 Å². The highest BCUT2D eigenvalue weighted by atomic mass is 14.3. The van der Waals surface area contributed by atoms with E-state index in [0.717, 1.165) is 0 Å². The number of aryl methyl sites for hydroxylation is 1. The molecule has 108 valence electrons. The van der Waals surface area contributed by atoms with Gasteiger partial charge in [0.2, 0.25) is 0 Å². The van der Waals surface area contributed by atoms with Crippen molar-refractivity contribution in [2.24, 2.45) is 0 Å². The minimum Gasteiger partial charge on any atom is -0.0622 e. The lowest BCUT2D eigenvalue weighted by Crippen LogP contribution is -1.98. The molecule has 0 aliphatic heterocycles. The summed E-state index contributed by atoms with van der Waals surface area (Å²) in [6.07, 6.45) is 3.63. The van der Waals surface area contributed by atoms with Gasteiger partial charge < -0.3 is 0 Å². The van der Waals surface area contributed by atoms with Gasteiger partial charge in [-0.05, 0) is 47.1 Å². The normalized spacial score (nSPS) is 12.9. The second-order valence-electron chi connectivity index (χ2n) is 6.10. The third-order valence-electron chi connectivity index (χ3n) is 4.76. The quantitative estimate of drug-likeness (QED) is 0.566. The molecule has 0 saturated carbocycles. The Kier molecular flexibility index (Phi) is 3.52. The third kappa shape index (κ3) is 2.35. The summed E-state index contributed by atoms with van der Waals surface area (Å²) in [5, 5.41) is 0. The Hall–Kier alpha value is -2.34. The molecule has 0 amide bonds. The van der Waals surface area contributed by atoms with Crippen LogP contribution < -0.4 is 0 Å². The predicted octanol–water partition coefficient (Wildman–Crippen LogP) is 5.82. The Morgan fingerprint density at radius 2 is 1.14 bits per heavy atom. The minimum atomic E-state index is 0.566. The van der Waals surface area contributed by atoms with Crippen LogP contribution in [0.5, 0.6) is 0 Å². The standard InChI is InChI=1S/C22H20/c1-2-9-17(10-3-1)11-8-16-22-20-14-6-4-12-18(20)19-13-5-7-15-21(19)22/h1-7,9-10,12-15,22H,8,11,16H2. The van der Waals surface area contributed by atoms with E-state index in [4.69, 9.17) is 0 Å². The van der Waals surface area contributed by atoms with Crippen LogP contribution in [-0.2, 0) is 6.42 Å². The van der Waals surface area contributed by atoms with Gasteiger partial charge in [-0.2, -0.15) is 0 Å². The maximum absolute atomic E-state index is 2.31. The zero-order valence-electron chi connectivity index (χ0n) is 12.7. The lowest BCUT2D eigenvalue weighted by molar-refractivity contribution is 0.671. The SMILES string of the molecule is c1ccc(CCCC2c3ccccc3-c3ccccc32)cc1. The molecule has 22 heavy (non-hydrogen) atoms. The van der Waals surface area contributed by atoms with Crippen molar-refractivity contribution in [3.63, 3.8) is 0 Å². The predicted molar refractivity (Wildman–Crippen MR) is 93.1 cm³/mol. The molecule has 0 unspecified atom stereocenters. The Labute approximate surface area is 132 Å². The Balaban J connectivity index is 1.57. The zero-order valence-corrected chi connectivity index (χ0v) is 12.7. The summed E-state index contributed by atoms with van der Waals surface area (Å²) in [4.78, 5) is 0. The van der Waals surface area contributed by atoms with E-state index in [-0.39, 0.29) is 0 Å². The van der Waals surface area contributed by atoms with E-state index in [9.17, 15) is 0 Å². The summed E-state index contributed by atoms with van der Waals surface area (Å²) in [5.74, 6) is 0.566. The number of hydrogen-bond acceptors (Lipinski definition) is 0. The molecule has 1 aliphatic rings. The molecular weight excluding hydrogens is 264 g/mol. The first kappa shape index (κ1) is 13.3. The molecule has 0 saturated heterocycles. The van der Waals surface area contributed by atoms with E-state index < -0.39 is 0 Å². The maximum Gasteiger partial charge on any atom is 0.0102 e. The van der Waals surface area contributed by atoms with Gasteiger partial charge >= 0.3 is 0 Å². The summed E-state index contributed by atoms with van der Waals surface area (Å²) in [6.45, 7) is 0. The summed E-state index contributed by atoms with van der Waals surface area (Å²) < 4.78 is 0. The van der Waals surface area contributed by atoms with Crippen molar-refractivity contribution >= 4 is 0 Å². The molecule has 0 nitrogen and oxygen atoms in total. The molecular formula is C22H20. The highest BCUT2D eigenvalue weighted by molar-refractivity contribution is 5.78. The second kappa shape index (κ2) is 5.81. The van der Waals surface area contributed by atoms with Crippen molar-refractivity contribution in [3.8, 4) is 11.1 Å². The molecule has 3 aromatic rings. The van der Waals surface area contributed by atoms with Gasteiger partial charge in [0.15, 0.2) is 0 Å². The van der Waals surface area contributed by atoms with E-state index in [1.54, 1.807) is 0 Å². The fourth-order valence-electron chi connectivity index (χ4n) is 3.73. The first-order chi connectivity index (χ1) is 10.9. The largest absolute Gasteiger partial charge is 0.0622 e. The molecule has 1 aliphatic carbocycles. The van der Waals surface area contributed by atoms with E-state index in [0.29, 0.717) is 5.92 Å². The molecule has 0 heterocycles. The Morgan fingerprint density at radius 1 is 0.591 bits per heavy atom. The number of benzene rings is 3. The van der Waals surface area contributed by atoms with Gasteiger partial charge in [0.05, 0.1) is 0 Å². The molecule has 3 aromatic carbocycles. The van der Waals surface area contributed by atoms with Crippen molar-refractivity contribution in [2.75, 3.05) is 0 Å². The second-order valence-corrected chi connectivity index (χ2v) is 6.10. The van der Waals surface area contributed by atoms with Crippen LogP contribution in [-0.4, -0.2) is 0 Å². The maximum atomic E-state index is 2.31. The van der Waals surface area contributed by atoms with Crippen LogP contribution in [0, 0.1) is 0 Å². The van der Waals surface area contributed by atoms with Gasteiger partial charge in [-0.15, -0.1) is 0 Å². The molecule has 0 atom stereocenters. The van der Waals surface area contributed by atoms with Crippen LogP contribution >= 0.6 is 0 Å². The molecule has 0 aromatic heterocycles. The van der Waals surface area contributed by atoms with Gasteiger partial charge in [0, 0.05) is 5.92 Å². The van der Waals surface area contributed by atoms with Gasteiger partial charge in [-0.3, -0.25) is 0 Å². The van der Waals surface area contributed by atoms with Crippen molar-refractivity contribution < 1.29 is 0 Å². The zero-order chi connectivity index (χ0) is 14.8. The number of fused-ring (bicyclic) bond motifs is 3. The van der Waals surface area contributed by atoms with Crippen molar-refractivity contribution in [1.29, 1.82) is 0 Å². The van der Waals surface area contributed by atoms with Gasteiger partial charge in [-0.25, -0.2) is 0 Å².